The number of carbonyl (C=O) groups is 8. The van der Waals surface area contributed by atoms with Crippen LogP contribution >= 0.6 is 11.8 Å². The van der Waals surface area contributed by atoms with E-state index in [9.17, 15) is 43.5 Å². The van der Waals surface area contributed by atoms with Gasteiger partial charge in [0.15, 0.2) is 17.3 Å². The van der Waals surface area contributed by atoms with Gasteiger partial charge in [0.25, 0.3) is 0 Å². The predicted octanol–water partition coefficient (Wildman–Crippen LogP) is 6.25. The lowest BCUT2D eigenvalue weighted by Crippen LogP contribution is -2.47. The standard InChI is InChI=1S/C79H131N7O20S/c1-9-86(10-2)29-17-16-20-67(83-77(94)63(52-59(3)4)54-69(88)60(5)82-76(93)64(53-61-18-12-11-13-19-61)55-70(89)62-23-25-66(26-24-62)79(6,7)8)71(90)56-65(57-87)75(92)81-28-31-97-33-35-99-37-39-101-41-43-103-45-47-105-49-51-106-50-48-104-46-44-102-42-40-100-38-36-98-34-32-96-30-27-80-73(91)22-15-14-21-72-74-68(58-107-72)84-78(95)85-74/h11-13,18-19,23-26,59-60,63-65,67-68,72,74,87H,9-10,14-17,20-22,27-58H2,1-8H3,(H,80,91)(H,81,92)(H,82,93)(H,83,94)(H2,84,85,95)/t60-,63+,64+,65-,67-,68-,72-,74-/m0/s1. The molecule has 608 valence electrons. The van der Waals surface area contributed by atoms with Crippen molar-refractivity contribution in [1.82, 2.24) is 36.8 Å². The summed E-state index contributed by atoms with van der Waals surface area (Å²) in [6.45, 7) is 27.3. The van der Waals surface area contributed by atoms with Crippen molar-refractivity contribution in [2.24, 2.45) is 23.7 Å². The third-order valence-electron chi connectivity index (χ3n) is 18.4. The number of aliphatic hydroxyl groups is 1. The molecule has 2 fully saturated rings. The second kappa shape index (κ2) is 57.5. The van der Waals surface area contributed by atoms with Gasteiger partial charge in [0.1, 0.15) is 0 Å². The average Bonchev–Trinajstić information content (AvgIpc) is 1.76. The fraction of sp³-hybridized carbons (Fsp3) is 0.747. The van der Waals surface area contributed by atoms with E-state index in [2.05, 4.69) is 71.4 Å². The fourth-order valence-electron chi connectivity index (χ4n) is 12.1. The zero-order valence-corrected chi connectivity index (χ0v) is 66.3. The molecular formula is C79H131N7O20S. The summed E-state index contributed by atoms with van der Waals surface area (Å²) < 4.78 is 61.2. The normalized spacial score (nSPS) is 16.4. The van der Waals surface area contributed by atoms with Gasteiger partial charge in [-0.2, -0.15) is 11.8 Å². The van der Waals surface area contributed by atoms with Crippen LogP contribution in [0.15, 0.2) is 54.6 Å². The first-order valence-corrected chi connectivity index (χ1v) is 40.0. The lowest BCUT2D eigenvalue weighted by Gasteiger charge is -2.26. The lowest BCUT2D eigenvalue weighted by molar-refractivity contribution is -0.135. The van der Waals surface area contributed by atoms with E-state index in [-0.39, 0.29) is 92.4 Å². The monoisotopic (exact) mass is 1530 g/mol. The number of carbonyl (C=O) groups excluding carboxylic acids is 8. The molecular weight excluding hydrogens is 1400 g/mol. The first-order chi connectivity index (χ1) is 51.7. The van der Waals surface area contributed by atoms with Crippen LogP contribution < -0.4 is 31.9 Å². The number of unbranched alkanes of at least 4 members (excludes halogenated alkanes) is 2. The number of urea groups is 1. The summed E-state index contributed by atoms with van der Waals surface area (Å²) >= 11 is 1.89. The molecule has 0 aromatic heterocycles. The van der Waals surface area contributed by atoms with Crippen molar-refractivity contribution in [1.29, 1.82) is 0 Å². The molecule has 107 heavy (non-hydrogen) atoms. The number of fused-ring (bicyclic) bond motifs is 1. The summed E-state index contributed by atoms with van der Waals surface area (Å²) in [5.41, 5.74) is 2.35. The number of nitrogens with one attached hydrogen (secondary N) is 6. The van der Waals surface area contributed by atoms with Crippen LogP contribution in [-0.4, -0.2) is 277 Å². The maximum absolute atomic E-state index is 14.3. The van der Waals surface area contributed by atoms with E-state index in [0.717, 1.165) is 62.2 Å². The van der Waals surface area contributed by atoms with Crippen LogP contribution in [0.3, 0.4) is 0 Å². The Balaban J connectivity index is 0.966. The quantitative estimate of drug-likeness (QED) is 0.0219. The summed E-state index contributed by atoms with van der Waals surface area (Å²) in [5.74, 6) is -4.13. The van der Waals surface area contributed by atoms with E-state index < -0.39 is 59.9 Å². The van der Waals surface area contributed by atoms with Gasteiger partial charge in [0.05, 0.1) is 182 Å². The van der Waals surface area contributed by atoms with Crippen LogP contribution in [0, 0.1) is 23.7 Å². The second-order valence-electron chi connectivity index (χ2n) is 28.4. The fourth-order valence-corrected chi connectivity index (χ4v) is 13.7. The minimum atomic E-state index is -1.08. The molecule has 0 saturated carbocycles. The minimum Gasteiger partial charge on any atom is -0.396 e. The zero-order chi connectivity index (χ0) is 77.7. The predicted molar refractivity (Wildman–Crippen MR) is 411 cm³/mol. The number of ether oxygens (including phenoxy) is 11. The Bertz CT molecular complexity index is 2770. The van der Waals surface area contributed by atoms with E-state index in [4.69, 9.17) is 52.1 Å². The van der Waals surface area contributed by atoms with E-state index in [1.165, 1.54) is 0 Å². The maximum Gasteiger partial charge on any atom is 0.315 e. The van der Waals surface area contributed by atoms with Crippen LogP contribution in [0.1, 0.15) is 148 Å². The number of hydrogen-bond acceptors (Lipinski definition) is 22. The van der Waals surface area contributed by atoms with Crippen LogP contribution in [0.25, 0.3) is 0 Å². The number of ketones is 3. The molecule has 4 rings (SSSR count). The summed E-state index contributed by atoms with van der Waals surface area (Å²) in [4.78, 5) is 109. The van der Waals surface area contributed by atoms with Gasteiger partial charge in [-0.25, -0.2) is 4.79 Å². The lowest BCUT2D eigenvalue weighted by atomic mass is 9.85. The highest BCUT2D eigenvalue weighted by atomic mass is 32.2. The Kier molecular flexibility index (Phi) is 50.4. The van der Waals surface area contributed by atoms with Gasteiger partial charge in [-0.05, 0) is 94.0 Å². The van der Waals surface area contributed by atoms with E-state index in [1.807, 2.05) is 68.1 Å². The number of benzene rings is 2. The molecule has 0 aliphatic carbocycles. The molecule has 7 N–H and O–H groups in total. The van der Waals surface area contributed by atoms with Crippen molar-refractivity contribution >= 4 is 58.8 Å². The van der Waals surface area contributed by atoms with Crippen molar-refractivity contribution in [2.75, 3.05) is 190 Å². The number of amides is 6. The Labute approximate surface area is 640 Å². The third-order valence-corrected chi connectivity index (χ3v) is 19.9. The van der Waals surface area contributed by atoms with Crippen molar-refractivity contribution in [3.05, 3.63) is 71.3 Å². The van der Waals surface area contributed by atoms with Gasteiger partial charge in [-0.15, -0.1) is 0 Å². The van der Waals surface area contributed by atoms with Gasteiger partial charge < -0.3 is 94.0 Å². The Morgan fingerprint density at radius 1 is 0.551 bits per heavy atom. The maximum atomic E-state index is 14.3. The average molecular weight is 1530 g/mol. The van der Waals surface area contributed by atoms with Crippen molar-refractivity contribution < 1.29 is 95.6 Å². The van der Waals surface area contributed by atoms with Gasteiger partial charge in [0, 0.05) is 67.2 Å². The second-order valence-corrected chi connectivity index (χ2v) is 29.7. The molecule has 2 aliphatic heterocycles. The summed E-state index contributed by atoms with van der Waals surface area (Å²) in [5, 5.41) is 28.2. The van der Waals surface area contributed by atoms with Crippen molar-refractivity contribution in [3.8, 4) is 0 Å². The Morgan fingerprint density at radius 2 is 1.04 bits per heavy atom. The van der Waals surface area contributed by atoms with Gasteiger partial charge >= 0.3 is 6.03 Å². The van der Waals surface area contributed by atoms with Crippen molar-refractivity contribution in [3.63, 3.8) is 0 Å². The van der Waals surface area contributed by atoms with Crippen molar-refractivity contribution in [2.45, 2.75) is 167 Å². The van der Waals surface area contributed by atoms with Crippen LogP contribution in [-0.2, 0) is 92.7 Å². The first kappa shape index (κ1) is 93.8. The smallest absolute Gasteiger partial charge is 0.315 e. The summed E-state index contributed by atoms with van der Waals surface area (Å²) in [6.07, 6.45) is 4.93. The molecule has 2 heterocycles. The SMILES string of the molecule is CCN(CC)CCCC[C@H](NC(=O)[C@@H](CC(=O)[C@H](C)NC(=O)[C@@H](CC(=O)c1ccc(C(C)(C)C)cc1)Cc1ccccc1)CC(C)C)C(=O)C[C@@H](CO)C(=O)NCCOCCOCCOCCOCCOCCOCCOCCOCCOCCOCCOCCNC(=O)CCCC[C@@H]1SC[C@@H]2NC(=O)N[C@@H]21. The van der Waals surface area contributed by atoms with Crippen LogP contribution in [0.4, 0.5) is 4.79 Å². The van der Waals surface area contributed by atoms with Gasteiger partial charge in [-0.3, -0.25) is 33.6 Å². The molecule has 6 amide bonds. The highest BCUT2D eigenvalue weighted by Gasteiger charge is 2.42. The van der Waals surface area contributed by atoms with Gasteiger partial charge in [0.2, 0.25) is 23.6 Å². The topological polar surface area (TPSA) is 334 Å². The molecule has 28 heteroatoms. The number of rotatable bonds is 67. The van der Waals surface area contributed by atoms with Gasteiger partial charge in [-0.1, -0.05) is 109 Å². The Hall–Kier alpha value is -5.57. The zero-order valence-electron chi connectivity index (χ0n) is 65.4. The molecule has 0 bridgehead atoms. The molecule has 2 aromatic carbocycles. The number of aliphatic hydroxyl groups excluding tert-OH is 1. The molecule has 27 nitrogen and oxygen atoms in total. The molecule has 0 unspecified atom stereocenters. The van der Waals surface area contributed by atoms with Crippen LogP contribution in [0.5, 0.6) is 0 Å². The molecule has 2 aliphatic rings. The summed E-state index contributed by atoms with van der Waals surface area (Å²) in [6, 6.07) is 15.2. The number of hydrogen-bond donors (Lipinski definition) is 7. The summed E-state index contributed by atoms with van der Waals surface area (Å²) in [7, 11) is 0. The largest absolute Gasteiger partial charge is 0.396 e. The Morgan fingerprint density at radius 3 is 1.52 bits per heavy atom. The highest BCUT2D eigenvalue weighted by molar-refractivity contribution is 8.00. The number of thioether (sulfide) groups is 1. The third kappa shape index (κ3) is 42.4. The highest BCUT2D eigenvalue weighted by Crippen LogP contribution is 2.33. The molecule has 2 saturated heterocycles. The molecule has 0 spiro atoms. The number of Topliss-reactive ketones (excluding diaryl/α,β-unsaturated/α-hetero) is 3. The van der Waals surface area contributed by atoms with E-state index >= 15 is 0 Å². The minimum absolute atomic E-state index is 0.00230. The molecule has 8 atom stereocenters. The molecule has 2 aromatic rings. The van der Waals surface area contributed by atoms with Crippen LogP contribution in [0.2, 0.25) is 0 Å². The first-order valence-electron chi connectivity index (χ1n) is 39.0. The molecule has 0 radical (unpaired) electrons. The van der Waals surface area contributed by atoms with E-state index in [0.29, 0.717) is 175 Å². The number of nitrogens with zero attached hydrogens (tertiary/aromatic N) is 1. The van der Waals surface area contributed by atoms with E-state index in [1.54, 1.807) is 19.1 Å².